The minimum absolute atomic E-state index is 0.123. The number of rotatable bonds is 4. The van der Waals surface area contributed by atoms with Crippen LogP contribution in [-0.2, 0) is 0 Å². The van der Waals surface area contributed by atoms with Gasteiger partial charge in [-0.3, -0.25) is 4.90 Å². The largest absolute Gasteiger partial charge is 0.401 e. The summed E-state index contributed by atoms with van der Waals surface area (Å²) in [5.41, 5.74) is 0.123. The molecule has 3 atom stereocenters. The highest BCUT2D eigenvalue weighted by Gasteiger charge is 2.41. The normalized spacial score (nSPS) is 28.4. The summed E-state index contributed by atoms with van der Waals surface area (Å²) in [5, 5.41) is 9.20. The van der Waals surface area contributed by atoms with E-state index in [1.165, 1.54) is 11.9 Å². The molecule has 116 valence electrons. The molecule has 0 bridgehead atoms. The van der Waals surface area contributed by atoms with E-state index in [2.05, 4.69) is 26.8 Å². The van der Waals surface area contributed by atoms with Crippen molar-refractivity contribution in [2.75, 3.05) is 13.6 Å². The second-order valence-corrected chi connectivity index (χ2v) is 6.69. The quantitative estimate of drug-likeness (QED) is 0.775. The SMILES string of the molecule is CCC(C)(C)C1CCC(C#N)C(N(C)CC(F)(F)F)C1. The highest BCUT2D eigenvalue weighted by Crippen LogP contribution is 2.43. The predicted octanol–water partition coefficient (Wildman–Crippen LogP) is 4.23. The smallest absolute Gasteiger partial charge is 0.294 e. The maximum atomic E-state index is 12.6. The maximum absolute atomic E-state index is 12.6. The molecule has 1 aliphatic rings. The molecule has 0 amide bonds. The Morgan fingerprint density at radius 1 is 1.25 bits per heavy atom. The zero-order valence-electron chi connectivity index (χ0n) is 12.8. The number of nitriles is 1. The Hall–Kier alpha value is -0.760. The zero-order valence-corrected chi connectivity index (χ0v) is 12.8. The highest BCUT2D eigenvalue weighted by atomic mass is 19.4. The number of hydrogen-bond donors (Lipinski definition) is 0. The molecule has 1 rings (SSSR count). The van der Waals surface area contributed by atoms with Gasteiger partial charge in [-0.2, -0.15) is 18.4 Å². The van der Waals surface area contributed by atoms with Gasteiger partial charge in [-0.25, -0.2) is 0 Å². The summed E-state index contributed by atoms with van der Waals surface area (Å²) >= 11 is 0. The second-order valence-electron chi connectivity index (χ2n) is 6.69. The van der Waals surface area contributed by atoms with E-state index in [1.807, 2.05) is 0 Å². The van der Waals surface area contributed by atoms with Crippen molar-refractivity contribution in [1.29, 1.82) is 5.26 Å². The number of nitrogens with zero attached hydrogens (tertiary/aromatic N) is 2. The first kappa shape index (κ1) is 17.3. The fourth-order valence-corrected chi connectivity index (χ4v) is 3.18. The van der Waals surface area contributed by atoms with Crippen LogP contribution in [-0.4, -0.2) is 30.7 Å². The van der Waals surface area contributed by atoms with Crippen LogP contribution in [0.4, 0.5) is 13.2 Å². The third-order valence-electron chi connectivity index (χ3n) is 4.99. The van der Waals surface area contributed by atoms with Gasteiger partial charge in [0.05, 0.1) is 18.5 Å². The number of halogens is 3. The van der Waals surface area contributed by atoms with Crippen molar-refractivity contribution in [3.8, 4) is 6.07 Å². The molecule has 0 aromatic rings. The van der Waals surface area contributed by atoms with Crippen LogP contribution in [0.3, 0.4) is 0 Å². The van der Waals surface area contributed by atoms with Crippen molar-refractivity contribution < 1.29 is 13.2 Å². The summed E-state index contributed by atoms with van der Waals surface area (Å²) in [7, 11) is 1.49. The molecule has 0 spiro atoms. The van der Waals surface area contributed by atoms with Crippen molar-refractivity contribution in [3.05, 3.63) is 0 Å². The van der Waals surface area contributed by atoms with E-state index in [-0.39, 0.29) is 17.4 Å². The molecule has 0 aromatic heterocycles. The van der Waals surface area contributed by atoms with Gasteiger partial charge in [-0.1, -0.05) is 27.2 Å². The van der Waals surface area contributed by atoms with E-state index in [1.54, 1.807) is 0 Å². The first-order valence-corrected chi connectivity index (χ1v) is 7.27. The summed E-state index contributed by atoms with van der Waals surface area (Å²) in [6.45, 7) is 5.52. The van der Waals surface area contributed by atoms with Gasteiger partial charge in [0, 0.05) is 6.04 Å². The lowest BCUT2D eigenvalue weighted by atomic mass is 9.66. The van der Waals surface area contributed by atoms with Crippen molar-refractivity contribution in [2.24, 2.45) is 17.3 Å². The van der Waals surface area contributed by atoms with Gasteiger partial charge in [0.1, 0.15) is 0 Å². The monoisotopic (exact) mass is 290 g/mol. The van der Waals surface area contributed by atoms with Crippen molar-refractivity contribution >= 4 is 0 Å². The minimum Gasteiger partial charge on any atom is -0.294 e. The maximum Gasteiger partial charge on any atom is 0.401 e. The molecule has 0 N–H and O–H groups in total. The minimum atomic E-state index is -4.21. The molecule has 0 aromatic carbocycles. The molecule has 3 unspecified atom stereocenters. The van der Waals surface area contributed by atoms with Crippen molar-refractivity contribution in [3.63, 3.8) is 0 Å². The summed E-state index contributed by atoms with van der Waals surface area (Å²) in [6, 6.07) is 1.92. The average molecular weight is 290 g/mol. The molecular formula is C15H25F3N2. The number of alkyl halides is 3. The van der Waals surface area contributed by atoms with Gasteiger partial charge < -0.3 is 0 Å². The van der Waals surface area contributed by atoms with E-state index in [4.69, 9.17) is 0 Å². The fourth-order valence-electron chi connectivity index (χ4n) is 3.18. The molecule has 1 saturated carbocycles. The van der Waals surface area contributed by atoms with Crippen LogP contribution in [0.1, 0.15) is 46.5 Å². The molecule has 1 fully saturated rings. The Bertz CT molecular complexity index is 357. The Balaban J connectivity index is 2.81. The Morgan fingerprint density at radius 3 is 2.30 bits per heavy atom. The molecule has 2 nitrogen and oxygen atoms in total. The zero-order chi connectivity index (χ0) is 15.6. The van der Waals surface area contributed by atoms with Crippen LogP contribution >= 0.6 is 0 Å². The van der Waals surface area contributed by atoms with E-state index in [0.717, 1.165) is 12.8 Å². The summed E-state index contributed by atoms with van der Waals surface area (Å²) in [6.07, 6.45) is -0.870. The van der Waals surface area contributed by atoms with E-state index in [0.29, 0.717) is 18.8 Å². The van der Waals surface area contributed by atoms with Crippen LogP contribution in [0.15, 0.2) is 0 Å². The highest BCUT2D eigenvalue weighted by molar-refractivity contribution is 4.99. The molecule has 0 radical (unpaired) electrons. The van der Waals surface area contributed by atoms with Gasteiger partial charge in [-0.05, 0) is 37.6 Å². The van der Waals surface area contributed by atoms with Gasteiger partial charge in [0.25, 0.3) is 0 Å². The molecule has 5 heteroatoms. The molecule has 0 saturated heterocycles. The van der Waals surface area contributed by atoms with Gasteiger partial charge in [-0.15, -0.1) is 0 Å². The molecular weight excluding hydrogens is 265 g/mol. The lowest BCUT2D eigenvalue weighted by Gasteiger charge is -2.44. The third-order valence-corrected chi connectivity index (χ3v) is 4.99. The Labute approximate surface area is 119 Å². The standard InChI is InChI=1S/C15H25F3N2/c1-5-14(2,3)12-7-6-11(9-19)13(8-12)20(4)10-15(16,17)18/h11-13H,5-8,10H2,1-4H3. The van der Waals surface area contributed by atoms with E-state index < -0.39 is 12.7 Å². The van der Waals surface area contributed by atoms with Crippen molar-refractivity contribution in [2.45, 2.75) is 58.7 Å². The Morgan fingerprint density at radius 2 is 1.85 bits per heavy atom. The second kappa shape index (κ2) is 6.34. The van der Waals surface area contributed by atoms with Gasteiger partial charge in [0.15, 0.2) is 0 Å². The lowest BCUT2D eigenvalue weighted by Crippen LogP contribution is -2.47. The lowest BCUT2D eigenvalue weighted by molar-refractivity contribution is -0.151. The van der Waals surface area contributed by atoms with Crippen molar-refractivity contribution in [1.82, 2.24) is 4.90 Å². The summed E-state index contributed by atoms with van der Waals surface area (Å²) < 4.78 is 37.7. The molecule has 20 heavy (non-hydrogen) atoms. The average Bonchev–Trinajstić information content (AvgIpc) is 2.35. The van der Waals surface area contributed by atoms with Crippen LogP contribution in [0.5, 0.6) is 0 Å². The van der Waals surface area contributed by atoms with E-state index >= 15 is 0 Å². The topological polar surface area (TPSA) is 27.0 Å². The summed E-state index contributed by atoms with van der Waals surface area (Å²) in [4.78, 5) is 1.33. The molecule has 0 heterocycles. The first-order chi connectivity index (χ1) is 9.10. The van der Waals surface area contributed by atoms with Crippen LogP contribution in [0, 0.1) is 28.6 Å². The first-order valence-electron chi connectivity index (χ1n) is 7.27. The van der Waals surface area contributed by atoms with Gasteiger partial charge >= 0.3 is 6.18 Å². The van der Waals surface area contributed by atoms with E-state index in [9.17, 15) is 18.4 Å². The fraction of sp³-hybridized carbons (Fsp3) is 0.933. The third kappa shape index (κ3) is 4.37. The molecule has 1 aliphatic carbocycles. The Kier molecular flexibility index (Phi) is 5.48. The van der Waals surface area contributed by atoms with Crippen LogP contribution < -0.4 is 0 Å². The number of hydrogen-bond acceptors (Lipinski definition) is 2. The van der Waals surface area contributed by atoms with Crippen LogP contribution in [0.25, 0.3) is 0 Å². The van der Waals surface area contributed by atoms with Crippen LogP contribution in [0.2, 0.25) is 0 Å². The van der Waals surface area contributed by atoms with Gasteiger partial charge in [0.2, 0.25) is 0 Å². The predicted molar refractivity (Wildman–Crippen MR) is 73.0 cm³/mol. The molecule has 0 aliphatic heterocycles. The summed E-state index contributed by atoms with van der Waals surface area (Å²) in [5.74, 6) is 0.101.